The highest BCUT2D eigenvalue weighted by molar-refractivity contribution is 7.99. The summed E-state index contributed by atoms with van der Waals surface area (Å²) in [5, 5.41) is 6.22. The highest BCUT2D eigenvalue weighted by Crippen LogP contribution is 2.35. The number of rotatable bonds is 5. The molecule has 4 nitrogen and oxygen atoms in total. The Morgan fingerprint density at radius 2 is 2.17 bits per heavy atom. The van der Waals surface area contributed by atoms with Gasteiger partial charge in [-0.2, -0.15) is 0 Å². The summed E-state index contributed by atoms with van der Waals surface area (Å²) in [6.45, 7) is 9.32. The Hall–Kier alpha value is -1.20. The fourth-order valence-electron chi connectivity index (χ4n) is 2.84. The number of aryl methyl sites for hydroxylation is 1. The lowest BCUT2D eigenvalue weighted by molar-refractivity contribution is -0.122. The maximum absolute atomic E-state index is 12.1. The third-order valence-electron chi connectivity index (χ3n) is 4.05. The highest BCUT2D eigenvalue weighted by atomic mass is 32.2. The quantitative estimate of drug-likeness (QED) is 0.868. The Bertz CT molecular complexity index is 561. The molecule has 1 aromatic carbocycles. The number of amides is 1. The zero-order valence-electron chi connectivity index (χ0n) is 14.8. The summed E-state index contributed by atoms with van der Waals surface area (Å²) in [6, 6.07) is 4.30. The van der Waals surface area contributed by atoms with E-state index in [0.717, 1.165) is 29.4 Å². The van der Waals surface area contributed by atoms with Gasteiger partial charge in [0.2, 0.25) is 5.91 Å². The van der Waals surface area contributed by atoms with Gasteiger partial charge >= 0.3 is 0 Å². The number of thioether (sulfide) groups is 1. The van der Waals surface area contributed by atoms with Gasteiger partial charge in [-0.3, -0.25) is 10.1 Å². The third kappa shape index (κ3) is 4.64. The summed E-state index contributed by atoms with van der Waals surface area (Å²) < 4.78 is 5.69. The lowest BCUT2D eigenvalue weighted by Crippen LogP contribution is -2.42. The van der Waals surface area contributed by atoms with Crippen molar-refractivity contribution in [1.82, 2.24) is 10.6 Å². The normalized spacial score (nSPS) is 18.0. The first-order valence-electron chi connectivity index (χ1n) is 8.09. The molecule has 128 valence electrons. The summed E-state index contributed by atoms with van der Waals surface area (Å²) in [7, 11) is 1.72. The van der Waals surface area contributed by atoms with E-state index in [1.54, 1.807) is 18.9 Å². The molecule has 1 saturated heterocycles. The molecule has 23 heavy (non-hydrogen) atoms. The second kappa shape index (κ2) is 7.58. The van der Waals surface area contributed by atoms with Gasteiger partial charge in [0.05, 0.1) is 13.2 Å². The average molecular weight is 337 g/mol. The Balaban J connectivity index is 2.07. The van der Waals surface area contributed by atoms with Crippen molar-refractivity contribution < 1.29 is 9.53 Å². The molecule has 5 heteroatoms. The second-order valence-electron chi connectivity index (χ2n) is 7.07. The molecule has 1 fully saturated rings. The van der Waals surface area contributed by atoms with Crippen molar-refractivity contribution in [2.75, 3.05) is 25.3 Å². The number of hydrogen-bond acceptors (Lipinski definition) is 4. The van der Waals surface area contributed by atoms with Gasteiger partial charge in [0.15, 0.2) is 0 Å². The van der Waals surface area contributed by atoms with E-state index in [9.17, 15) is 4.79 Å². The van der Waals surface area contributed by atoms with Crippen LogP contribution in [0.4, 0.5) is 0 Å². The SMILES string of the molecule is COc1c(CCNC(=O)C2CSCN2)cc(C)cc1C(C)(C)C. The zero-order chi connectivity index (χ0) is 17.0. The van der Waals surface area contributed by atoms with Crippen molar-refractivity contribution in [2.24, 2.45) is 0 Å². The standard InChI is InChI=1S/C18H28N2O2S/c1-12-8-13(16(22-5)14(9-12)18(2,3)4)6-7-19-17(21)15-10-23-11-20-15/h8-9,15,20H,6-7,10-11H2,1-5H3,(H,19,21). The largest absolute Gasteiger partial charge is 0.496 e. The van der Waals surface area contributed by atoms with Gasteiger partial charge < -0.3 is 10.1 Å². The van der Waals surface area contributed by atoms with Crippen LogP contribution in [0.5, 0.6) is 5.75 Å². The summed E-state index contributed by atoms with van der Waals surface area (Å²) >= 11 is 1.76. The number of nitrogens with one attached hydrogen (secondary N) is 2. The van der Waals surface area contributed by atoms with Crippen molar-refractivity contribution in [3.05, 3.63) is 28.8 Å². The topological polar surface area (TPSA) is 50.4 Å². The Morgan fingerprint density at radius 1 is 1.43 bits per heavy atom. The molecule has 1 aliphatic rings. The Kier molecular flexibility index (Phi) is 5.98. The molecule has 1 aliphatic heterocycles. The Morgan fingerprint density at radius 3 is 2.74 bits per heavy atom. The van der Waals surface area contributed by atoms with E-state index in [1.807, 2.05) is 0 Å². The van der Waals surface area contributed by atoms with Crippen LogP contribution in [-0.2, 0) is 16.6 Å². The smallest absolute Gasteiger partial charge is 0.238 e. The summed E-state index contributed by atoms with van der Waals surface area (Å²) in [6.07, 6.45) is 0.777. The van der Waals surface area contributed by atoms with E-state index in [-0.39, 0.29) is 17.4 Å². The molecule has 0 saturated carbocycles. The minimum Gasteiger partial charge on any atom is -0.496 e. The van der Waals surface area contributed by atoms with Crippen LogP contribution >= 0.6 is 11.8 Å². The van der Waals surface area contributed by atoms with Crippen LogP contribution < -0.4 is 15.4 Å². The molecule has 0 aromatic heterocycles. The maximum Gasteiger partial charge on any atom is 0.238 e. The number of methoxy groups -OCH3 is 1. The minimum absolute atomic E-state index is 0.0281. The van der Waals surface area contributed by atoms with Crippen molar-refractivity contribution >= 4 is 17.7 Å². The van der Waals surface area contributed by atoms with Crippen LogP contribution in [0.1, 0.15) is 37.5 Å². The molecule has 1 amide bonds. The van der Waals surface area contributed by atoms with Gasteiger partial charge in [0.1, 0.15) is 5.75 Å². The predicted octanol–water partition coefficient (Wildman–Crippen LogP) is 2.62. The van der Waals surface area contributed by atoms with E-state index in [1.165, 1.54) is 11.1 Å². The number of carbonyl (C=O) groups is 1. The molecule has 2 N–H and O–H groups in total. The van der Waals surface area contributed by atoms with Crippen LogP contribution in [0.15, 0.2) is 12.1 Å². The molecule has 0 aliphatic carbocycles. The molecule has 0 bridgehead atoms. The van der Waals surface area contributed by atoms with Crippen molar-refractivity contribution in [1.29, 1.82) is 0 Å². The van der Waals surface area contributed by atoms with Crippen LogP contribution in [0.3, 0.4) is 0 Å². The van der Waals surface area contributed by atoms with Gasteiger partial charge in [-0.25, -0.2) is 0 Å². The van der Waals surface area contributed by atoms with Gasteiger partial charge in [-0.05, 0) is 24.3 Å². The predicted molar refractivity (Wildman–Crippen MR) is 97.4 cm³/mol. The van der Waals surface area contributed by atoms with Gasteiger partial charge in [-0.1, -0.05) is 38.5 Å². The van der Waals surface area contributed by atoms with E-state index < -0.39 is 0 Å². The molecule has 2 rings (SSSR count). The first kappa shape index (κ1) is 18.1. The summed E-state index contributed by atoms with van der Waals surface area (Å²) in [5.41, 5.74) is 3.63. The lowest BCUT2D eigenvalue weighted by atomic mass is 9.83. The number of benzene rings is 1. The molecular formula is C18H28N2O2S. The zero-order valence-corrected chi connectivity index (χ0v) is 15.6. The van der Waals surface area contributed by atoms with Crippen LogP contribution in [0, 0.1) is 6.92 Å². The first-order valence-corrected chi connectivity index (χ1v) is 9.25. The van der Waals surface area contributed by atoms with E-state index >= 15 is 0 Å². The molecule has 0 radical (unpaired) electrons. The van der Waals surface area contributed by atoms with E-state index in [2.05, 4.69) is 50.5 Å². The van der Waals surface area contributed by atoms with Gasteiger partial charge in [0, 0.05) is 23.7 Å². The fourth-order valence-corrected chi connectivity index (χ4v) is 3.78. The number of carbonyl (C=O) groups excluding carboxylic acids is 1. The average Bonchev–Trinajstić information content (AvgIpc) is 3.00. The molecule has 0 spiro atoms. The molecule has 1 heterocycles. The second-order valence-corrected chi connectivity index (χ2v) is 8.10. The van der Waals surface area contributed by atoms with Gasteiger partial charge in [-0.15, -0.1) is 11.8 Å². The van der Waals surface area contributed by atoms with E-state index in [0.29, 0.717) is 6.54 Å². The minimum atomic E-state index is -0.0514. The first-order chi connectivity index (χ1) is 10.8. The third-order valence-corrected chi connectivity index (χ3v) is 4.99. The number of hydrogen-bond donors (Lipinski definition) is 2. The monoisotopic (exact) mass is 336 g/mol. The highest BCUT2D eigenvalue weighted by Gasteiger charge is 2.23. The molecule has 1 atom stereocenters. The van der Waals surface area contributed by atoms with Gasteiger partial charge in [0.25, 0.3) is 0 Å². The van der Waals surface area contributed by atoms with Crippen LogP contribution in [0.25, 0.3) is 0 Å². The fraction of sp³-hybridized carbons (Fsp3) is 0.611. The molecular weight excluding hydrogens is 308 g/mol. The van der Waals surface area contributed by atoms with Crippen molar-refractivity contribution in [3.8, 4) is 5.75 Å². The molecule has 1 unspecified atom stereocenters. The van der Waals surface area contributed by atoms with Crippen LogP contribution in [0.2, 0.25) is 0 Å². The summed E-state index contributed by atoms with van der Waals surface area (Å²) in [5.74, 6) is 2.76. The molecule has 1 aromatic rings. The Labute approximate surface area is 143 Å². The van der Waals surface area contributed by atoms with Crippen molar-refractivity contribution in [3.63, 3.8) is 0 Å². The van der Waals surface area contributed by atoms with Crippen LogP contribution in [-0.4, -0.2) is 37.2 Å². The summed E-state index contributed by atoms with van der Waals surface area (Å²) in [4.78, 5) is 12.1. The lowest BCUT2D eigenvalue weighted by Gasteiger charge is -2.25. The van der Waals surface area contributed by atoms with E-state index in [4.69, 9.17) is 4.74 Å². The maximum atomic E-state index is 12.1. The van der Waals surface area contributed by atoms with Crippen molar-refractivity contribution in [2.45, 2.75) is 45.6 Å². The number of ether oxygens (including phenoxy) is 1.